The molecule has 2 aliphatic rings. The van der Waals surface area contributed by atoms with E-state index in [0.717, 1.165) is 0 Å². The first-order chi connectivity index (χ1) is 21.0. The molecule has 0 saturated carbocycles. The van der Waals surface area contributed by atoms with Crippen LogP contribution in [0.5, 0.6) is 6.01 Å². The zero-order valence-corrected chi connectivity index (χ0v) is 27.5. The lowest BCUT2D eigenvalue weighted by molar-refractivity contribution is -0.000406. The fourth-order valence-corrected chi connectivity index (χ4v) is 11.4. The maximum absolute atomic E-state index is 14.6. The number of benzene rings is 2. The van der Waals surface area contributed by atoms with Crippen LogP contribution >= 0.6 is 0 Å². The molecule has 0 radical (unpaired) electrons. The van der Waals surface area contributed by atoms with E-state index >= 15 is 0 Å². The second-order valence-electron chi connectivity index (χ2n) is 13.1. The lowest BCUT2D eigenvalue weighted by Crippen LogP contribution is -2.70. The largest absolute Gasteiger partial charge is 0.459 e. The van der Waals surface area contributed by atoms with Crippen molar-refractivity contribution in [2.24, 2.45) is 0 Å². The summed E-state index contributed by atoms with van der Waals surface area (Å²) in [6.45, 7) is 13.0. The molecule has 11 heteroatoms. The Kier molecular flexibility index (Phi) is 9.37. The lowest BCUT2D eigenvalue weighted by atomic mass is 10.1. The van der Waals surface area contributed by atoms with E-state index in [4.69, 9.17) is 13.9 Å². The van der Waals surface area contributed by atoms with Gasteiger partial charge < -0.3 is 18.8 Å². The molecule has 0 bridgehead atoms. The van der Waals surface area contributed by atoms with Crippen LogP contribution in [-0.2, 0) is 9.16 Å². The van der Waals surface area contributed by atoms with Crippen molar-refractivity contribution in [2.45, 2.75) is 70.0 Å². The van der Waals surface area contributed by atoms with Crippen molar-refractivity contribution < 1.29 is 18.3 Å². The molecule has 2 aliphatic heterocycles. The summed E-state index contributed by atoms with van der Waals surface area (Å²) in [5.74, 6) is 0.242. The first-order valence-corrected chi connectivity index (χ1v) is 17.2. The standard InChI is InChI=1S/C33H43FN6O3Si/c1-24(29-27(34)17-18-39(29)6)42-31-37-28(21-35)36-30(38-31)40-19-20-41-23-33(5,22-40)43-44(32(2,3)4,25-13-9-7-10-14-25)26-15-11-8-12-16-26/h7-16,24,27,29H,17-20,22-23H2,1-6H3/t24-,27-,29-,33+/m1/s1. The highest BCUT2D eigenvalue weighted by Gasteiger charge is 2.54. The third kappa shape index (κ3) is 6.49. The molecule has 3 heterocycles. The molecule has 1 aromatic heterocycles. The highest BCUT2D eigenvalue weighted by molar-refractivity contribution is 6.99. The zero-order valence-electron chi connectivity index (χ0n) is 26.5. The van der Waals surface area contributed by atoms with Gasteiger partial charge in [0.15, 0.2) is 0 Å². The number of aromatic nitrogens is 3. The molecule has 2 saturated heterocycles. The molecule has 0 spiro atoms. The minimum absolute atomic E-state index is 0.00585. The van der Waals surface area contributed by atoms with Crippen LogP contribution in [-0.4, -0.2) is 92.0 Å². The van der Waals surface area contributed by atoms with Crippen molar-refractivity contribution in [3.05, 3.63) is 66.5 Å². The molecule has 4 atom stereocenters. The van der Waals surface area contributed by atoms with Gasteiger partial charge >= 0.3 is 6.01 Å². The quantitative estimate of drug-likeness (QED) is 0.350. The Hall–Kier alpha value is -3.43. The number of likely N-dealkylation sites (tertiary alicyclic amines) is 1. The number of nitriles is 1. The minimum Gasteiger partial charge on any atom is -0.459 e. The van der Waals surface area contributed by atoms with E-state index in [1.165, 1.54) is 10.4 Å². The highest BCUT2D eigenvalue weighted by atomic mass is 28.4. The zero-order chi connectivity index (χ0) is 31.5. The predicted octanol–water partition coefficient (Wildman–Crippen LogP) is 3.72. The normalized spacial score (nSPS) is 24.0. The van der Waals surface area contributed by atoms with Crippen LogP contribution in [0.15, 0.2) is 60.7 Å². The molecule has 0 amide bonds. The Bertz CT molecular complexity index is 1400. The number of nitrogens with zero attached hydrogens (tertiary/aromatic N) is 6. The van der Waals surface area contributed by atoms with Gasteiger partial charge in [0.2, 0.25) is 11.8 Å². The van der Waals surface area contributed by atoms with Crippen molar-refractivity contribution in [3.8, 4) is 12.1 Å². The molecular weight excluding hydrogens is 575 g/mol. The molecule has 0 unspecified atom stereocenters. The summed E-state index contributed by atoms with van der Waals surface area (Å²) in [6, 6.07) is 22.6. The maximum Gasteiger partial charge on any atom is 0.322 e. The van der Waals surface area contributed by atoms with Crippen molar-refractivity contribution in [1.29, 1.82) is 5.26 Å². The Labute approximate surface area is 261 Å². The number of hydrogen-bond donors (Lipinski definition) is 0. The van der Waals surface area contributed by atoms with E-state index in [-0.39, 0.29) is 16.9 Å². The highest BCUT2D eigenvalue weighted by Crippen LogP contribution is 2.40. The van der Waals surface area contributed by atoms with Crippen LogP contribution in [0, 0.1) is 11.3 Å². The molecule has 2 fully saturated rings. The van der Waals surface area contributed by atoms with Crippen LogP contribution in [0.1, 0.15) is 46.9 Å². The summed E-state index contributed by atoms with van der Waals surface area (Å²) in [7, 11) is -1.04. The number of hydrogen-bond acceptors (Lipinski definition) is 9. The average molecular weight is 619 g/mol. The van der Waals surface area contributed by atoms with Gasteiger partial charge in [0.1, 0.15) is 18.3 Å². The fraction of sp³-hybridized carbons (Fsp3) is 0.515. The van der Waals surface area contributed by atoms with Gasteiger partial charge in [-0.05, 0) is 42.7 Å². The summed E-state index contributed by atoms with van der Waals surface area (Å²) in [4.78, 5) is 17.2. The Morgan fingerprint density at radius 3 is 2.23 bits per heavy atom. The minimum atomic E-state index is -2.92. The molecule has 0 N–H and O–H groups in total. The van der Waals surface area contributed by atoms with E-state index in [1.54, 1.807) is 0 Å². The van der Waals surface area contributed by atoms with Crippen LogP contribution in [0.2, 0.25) is 5.04 Å². The van der Waals surface area contributed by atoms with E-state index < -0.39 is 32.2 Å². The SMILES string of the molecule is C[C@@H](Oc1nc(C#N)nc(N2CCOC[C@@](C)(O[Si](c3ccccc3)(c3ccccc3)C(C)(C)C)C2)n1)[C@@H]1[C@H](F)CCN1C. The van der Waals surface area contributed by atoms with Crippen LogP contribution in [0.3, 0.4) is 0 Å². The smallest absolute Gasteiger partial charge is 0.322 e. The van der Waals surface area contributed by atoms with Gasteiger partial charge in [-0.1, -0.05) is 81.4 Å². The first-order valence-electron chi connectivity index (χ1n) is 15.3. The third-order valence-corrected chi connectivity index (χ3v) is 13.9. The summed E-state index contributed by atoms with van der Waals surface area (Å²) in [6.07, 6.45) is -1.07. The van der Waals surface area contributed by atoms with Gasteiger partial charge in [-0.2, -0.15) is 20.2 Å². The topological polar surface area (TPSA) is 96.6 Å². The van der Waals surface area contributed by atoms with Crippen LogP contribution < -0.4 is 20.0 Å². The number of anilines is 1. The third-order valence-electron chi connectivity index (χ3n) is 8.65. The second-order valence-corrected chi connectivity index (χ2v) is 17.4. The van der Waals surface area contributed by atoms with Gasteiger partial charge in [0.05, 0.1) is 31.4 Å². The van der Waals surface area contributed by atoms with Crippen molar-refractivity contribution in [2.75, 3.05) is 44.8 Å². The number of ether oxygens (including phenoxy) is 2. The summed E-state index contributed by atoms with van der Waals surface area (Å²) in [5.41, 5.74) is -0.760. The van der Waals surface area contributed by atoms with E-state index in [0.29, 0.717) is 45.2 Å². The predicted molar refractivity (Wildman–Crippen MR) is 171 cm³/mol. The molecule has 0 aliphatic carbocycles. The van der Waals surface area contributed by atoms with E-state index in [9.17, 15) is 9.65 Å². The maximum atomic E-state index is 14.6. The van der Waals surface area contributed by atoms with Gasteiger partial charge in [-0.3, -0.25) is 4.90 Å². The molecule has 234 valence electrons. The van der Waals surface area contributed by atoms with Crippen LogP contribution in [0.4, 0.5) is 10.3 Å². The number of alkyl halides is 1. The van der Waals surface area contributed by atoms with Crippen molar-refractivity contribution >= 4 is 24.6 Å². The van der Waals surface area contributed by atoms with E-state index in [1.807, 2.05) is 42.0 Å². The molecule has 9 nitrogen and oxygen atoms in total. The Morgan fingerprint density at radius 2 is 1.68 bits per heavy atom. The Morgan fingerprint density at radius 1 is 1.05 bits per heavy atom. The van der Waals surface area contributed by atoms with E-state index in [2.05, 4.69) is 91.2 Å². The number of halogens is 1. The lowest BCUT2D eigenvalue weighted by Gasteiger charge is -2.48. The van der Waals surface area contributed by atoms with Gasteiger partial charge in [-0.25, -0.2) is 4.39 Å². The molecule has 44 heavy (non-hydrogen) atoms. The second kappa shape index (κ2) is 12.9. The fourth-order valence-electron chi connectivity index (χ4n) is 6.64. The summed E-state index contributed by atoms with van der Waals surface area (Å²) < 4.78 is 34.4. The van der Waals surface area contributed by atoms with Gasteiger partial charge in [-0.15, -0.1) is 0 Å². The van der Waals surface area contributed by atoms with Crippen molar-refractivity contribution in [1.82, 2.24) is 19.9 Å². The molecule has 5 rings (SSSR count). The molecular formula is C33H43FN6O3Si. The monoisotopic (exact) mass is 618 g/mol. The van der Waals surface area contributed by atoms with Crippen LogP contribution in [0.25, 0.3) is 0 Å². The number of rotatable bonds is 8. The van der Waals surface area contributed by atoms with Gasteiger partial charge in [0, 0.05) is 13.1 Å². The number of likely N-dealkylation sites (N-methyl/N-ethyl adjacent to an activating group) is 1. The summed E-state index contributed by atoms with van der Waals surface area (Å²) >= 11 is 0. The van der Waals surface area contributed by atoms with Crippen molar-refractivity contribution in [3.63, 3.8) is 0 Å². The summed E-state index contributed by atoms with van der Waals surface area (Å²) in [5, 5.41) is 11.9. The van der Waals surface area contributed by atoms with Gasteiger partial charge in [0.25, 0.3) is 8.32 Å². The molecule has 3 aromatic rings. The molecule has 2 aromatic carbocycles. The first kappa shape index (κ1) is 32.0. The average Bonchev–Trinajstić information content (AvgIpc) is 3.22. The Balaban J connectivity index is 1.50.